The highest BCUT2D eigenvalue weighted by Gasteiger charge is 2.22. The molecule has 1 rings (SSSR count). The van der Waals surface area contributed by atoms with E-state index in [1.165, 1.54) is 6.08 Å². The molecule has 2 amide bonds. The van der Waals surface area contributed by atoms with Crippen LogP contribution in [0.15, 0.2) is 12.7 Å². The van der Waals surface area contributed by atoms with Crippen molar-refractivity contribution in [2.75, 3.05) is 13.1 Å². The van der Waals surface area contributed by atoms with Gasteiger partial charge in [0.25, 0.3) is 0 Å². The van der Waals surface area contributed by atoms with Crippen LogP contribution in [0.5, 0.6) is 0 Å². The molecule has 16 heavy (non-hydrogen) atoms. The molecule has 1 saturated heterocycles. The number of aliphatic carboxylic acids is 1. The second-order valence-corrected chi connectivity index (χ2v) is 3.91. The Hall–Kier alpha value is -1.52. The zero-order valence-electron chi connectivity index (χ0n) is 9.32. The van der Waals surface area contributed by atoms with E-state index < -0.39 is 12.0 Å². The number of rotatable bonds is 4. The zero-order chi connectivity index (χ0) is 12.0. The fourth-order valence-electron chi connectivity index (χ4n) is 1.73. The highest BCUT2D eigenvalue weighted by Crippen LogP contribution is 2.09. The van der Waals surface area contributed by atoms with Gasteiger partial charge in [0.1, 0.15) is 6.04 Å². The number of hydrogen-bond donors (Lipinski definition) is 2. The molecule has 0 bridgehead atoms. The summed E-state index contributed by atoms with van der Waals surface area (Å²) < 4.78 is 0. The van der Waals surface area contributed by atoms with Gasteiger partial charge in [-0.2, -0.15) is 0 Å². The number of amides is 2. The maximum Gasteiger partial charge on any atom is 0.326 e. The second-order valence-electron chi connectivity index (χ2n) is 3.91. The van der Waals surface area contributed by atoms with Crippen molar-refractivity contribution in [1.82, 2.24) is 10.2 Å². The minimum absolute atomic E-state index is 0.245. The number of piperidine rings is 1. The highest BCUT2D eigenvalue weighted by atomic mass is 16.4. The van der Waals surface area contributed by atoms with Gasteiger partial charge in [-0.15, -0.1) is 6.58 Å². The van der Waals surface area contributed by atoms with Gasteiger partial charge in [-0.25, -0.2) is 9.59 Å². The number of nitrogens with one attached hydrogen (secondary N) is 1. The summed E-state index contributed by atoms with van der Waals surface area (Å²) in [6.45, 7) is 4.90. The topological polar surface area (TPSA) is 69.6 Å². The summed E-state index contributed by atoms with van der Waals surface area (Å²) in [5.41, 5.74) is 0. The van der Waals surface area contributed by atoms with Gasteiger partial charge in [0.05, 0.1) is 0 Å². The Labute approximate surface area is 95.1 Å². The van der Waals surface area contributed by atoms with Crippen LogP contribution in [0, 0.1) is 0 Å². The maximum absolute atomic E-state index is 11.7. The lowest BCUT2D eigenvalue weighted by atomic mass is 10.1. The minimum atomic E-state index is -1.02. The molecular weight excluding hydrogens is 208 g/mol. The van der Waals surface area contributed by atoms with Crippen LogP contribution in [0.25, 0.3) is 0 Å². The van der Waals surface area contributed by atoms with Crippen LogP contribution in [-0.4, -0.2) is 41.1 Å². The summed E-state index contributed by atoms with van der Waals surface area (Å²) in [4.78, 5) is 24.2. The number of likely N-dealkylation sites (tertiary alicyclic amines) is 1. The Kier molecular flexibility index (Phi) is 4.82. The van der Waals surface area contributed by atoms with Gasteiger partial charge in [0, 0.05) is 13.1 Å². The number of carbonyl (C=O) groups is 2. The van der Waals surface area contributed by atoms with E-state index in [0.717, 1.165) is 19.3 Å². The van der Waals surface area contributed by atoms with Crippen molar-refractivity contribution >= 4 is 12.0 Å². The Morgan fingerprint density at radius 2 is 2.00 bits per heavy atom. The third-order valence-corrected chi connectivity index (χ3v) is 2.64. The molecule has 1 aliphatic heterocycles. The van der Waals surface area contributed by atoms with Crippen LogP contribution in [0.2, 0.25) is 0 Å². The standard InChI is InChI=1S/C11H18N2O3/c1-2-6-9(10(14)15)12-11(16)13-7-4-3-5-8-13/h2,9H,1,3-8H2,(H,12,16)(H,14,15). The van der Waals surface area contributed by atoms with E-state index >= 15 is 0 Å². The summed E-state index contributed by atoms with van der Waals surface area (Å²) in [7, 11) is 0. The lowest BCUT2D eigenvalue weighted by Gasteiger charge is -2.28. The molecule has 90 valence electrons. The molecule has 0 aliphatic carbocycles. The summed E-state index contributed by atoms with van der Waals surface area (Å²) in [6.07, 6.45) is 4.86. The van der Waals surface area contributed by atoms with Gasteiger partial charge in [0.15, 0.2) is 0 Å². The lowest BCUT2D eigenvalue weighted by molar-refractivity contribution is -0.139. The van der Waals surface area contributed by atoms with Crippen molar-refractivity contribution in [2.45, 2.75) is 31.7 Å². The van der Waals surface area contributed by atoms with Crippen LogP contribution in [0.4, 0.5) is 4.79 Å². The molecule has 0 aromatic rings. The minimum Gasteiger partial charge on any atom is -0.480 e. The quantitative estimate of drug-likeness (QED) is 0.708. The first-order valence-electron chi connectivity index (χ1n) is 5.54. The number of carbonyl (C=O) groups excluding carboxylic acids is 1. The van der Waals surface area contributed by atoms with Gasteiger partial charge in [0.2, 0.25) is 0 Å². The van der Waals surface area contributed by atoms with E-state index in [1.807, 2.05) is 0 Å². The SMILES string of the molecule is C=CCC(NC(=O)N1CCCCC1)C(=O)O. The van der Waals surface area contributed by atoms with Gasteiger partial charge in [-0.05, 0) is 25.7 Å². The largest absolute Gasteiger partial charge is 0.480 e. The summed E-state index contributed by atoms with van der Waals surface area (Å²) >= 11 is 0. The molecule has 0 saturated carbocycles. The van der Waals surface area contributed by atoms with Gasteiger partial charge < -0.3 is 15.3 Å². The Morgan fingerprint density at radius 3 is 2.50 bits per heavy atom. The molecule has 1 heterocycles. The molecular formula is C11H18N2O3. The lowest BCUT2D eigenvalue weighted by Crippen LogP contribution is -2.49. The average molecular weight is 226 g/mol. The van der Waals surface area contributed by atoms with Gasteiger partial charge >= 0.3 is 12.0 Å². The fourth-order valence-corrected chi connectivity index (χ4v) is 1.73. The molecule has 1 atom stereocenters. The summed E-state index contributed by atoms with van der Waals surface area (Å²) in [5, 5.41) is 11.4. The predicted octanol–water partition coefficient (Wildman–Crippen LogP) is 1.21. The average Bonchev–Trinajstić information content (AvgIpc) is 2.29. The van der Waals surface area contributed by atoms with Crippen molar-refractivity contribution in [2.24, 2.45) is 0 Å². The molecule has 0 spiro atoms. The van der Waals surface area contributed by atoms with Crippen LogP contribution in [0.3, 0.4) is 0 Å². The van der Waals surface area contributed by atoms with Crippen LogP contribution >= 0.6 is 0 Å². The monoisotopic (exact) mass is 226 g/mol. The number of hydrogen-bond acceptors (Lipinski definition) is 2. The summed E-state index contributed by atoms with van der Waals surface area (Å²) in [6, 6.07) is -1.15. The predicted molar refractivity (Wildman–Crippen MR) is 60.2 cm³/mol. The molecule has 2 N–H and O–H groups in total. The molecule has 1 unspecified atom stereocenters. The number of carboxylic acids is 1. The molecule has 1 aliphatic rings. The van der Waals surface area contributed by atoms with E-state index in [1.54, 1.807) is 4.90 Å². The van der Waals surface area contributed by atoms with Crippen LogP contribution < -0.4 is 5.32 Å². The first-order chi connectivity index (χ1) is 7.65. The Morgan fingerprint density at radius 1 is 1.38 bits per heavy atom. The molecule has 1 fully saturated rings. The zero-order valence-corrected chi connectivity index (χ0v) is 9.32. The molecule has 0 radical (unpaired) electrons. The van der Waals surface area contributed by atoms with Crippen molar-refractivity contribution in [3.05, 3.63) is 12.7 Å². The molecule has 0 aromatic heterocycles. The second kappa shape index (κ2) is 6.15. The maximum atomic E-state index is 11.7. The van der Waals surface area contributed by atoms with E-state index in [2.05, 4.69) is 11.9 Å². The highest BCUT2D eigenvalue weighted by molar-refractivity contribution is 5.82. The van der Waals surface area contributed by atoms with E-state index in [-0.39, 0.29) is 12.5 Å². The van der Waals surface area contributed by atoms with Crippen molar-refractivity contribution in [3.8, 4) is 0 Å². The van der Waals surface area contributed by atoms with E-state index in [9.17, 15) is 9.59 Å². The van der Waals surface area contributed by atoms with E-state index in [0.29, 0.717) is 13.1 Å². The van der Waals surface area contributed by atoms with Crippen molar-refractivity contribution < 1.29 is 14.7 Å². The van der Waals surface area contributed by atoms with Crippen LogP contribution in [0.1, 0.15) is 25.7 Å². The molecule has 5 heteroatoms. The fraction of sp³-hybridized carbons (Fsp3) is 0.636. The third kappa shape index (κ3) is 3.56. The van der Waals surface area contributed by atoms with Crippen molar-refractivity contribution in [1.29, 1.82) is 0 Å². The first-order valence-corrected chi connectivity index (χ1v) is 5.54. The van der Waals surface area contributed by atoms with E-state index in [4.69, 9.17) is 5.11 Å². The number of urea groups is 1. The van der Waals surface area contributed by atoms with Crippen molar-refractivity contribution in [3.63, 3.8) is 0 Å². The molecule has 5 nitrogen and oxygen atoms in total. The Balaban J connectivity index is 2.46. The molecule has 0 aromatic carbocycles. The van der Waals surface area contributed by atoms with Gasteiger partial charge in [-0.3, -0.25) is 0 Å². The number of nitrogens with zero attached hydrogens (tertiary/aromatic N) is 1. The Bertz CT molecular complexity index is 272. The van der Waals surface area contributed by atoms with Gasteiger partial charge in [-0.1, -0.05) is 6.08 Å². The number of carboxylic acid groups (broad SMARTS) is 1. The third-order valence-electron chi connectivity index (χ3n) is 2.64. The summed E-state index contributed by atoms with van der Waals surface area (Å²) in [5.74, 6) is -1.02. The smallest absolute Gasteiger partial charge is 0.326 e. The first kappa shape index (κ1) is 12.5. The van der Waals surface area contributed by atoms with Crippen LogP contribution in [-0.2, 0) is 4.79 Å². The normalized spacial score (nSPS) is 17.6.